The molecule has 1 aliphatic heterocycles. The second-order valence-corrected chi connectivity index (χ2v) is 8.28. The Kier molecular flexibility index (Phi) is 12.3. The van der Waals surface area contributed by atoms with Gasteiger partial charge >= 0.3 is 0 Å². The van der Waals surface area contributed by atoms with Crippen LogP contribution in [-0.2, 0) is 4.79 Å². The predicted molar refractivity (Wildman–Crippen MR) is 137 cm³/mol. The summed E-state index contributed by atoms with van der Waals surface area (Å²) in [5, 5.41) is 10.6. The van der Waals surface area contributed by atoms with E-state index in [2.05, 4.69) is 18.2 Å². The number of methoxy groups -OCH3 is 1. The van der Waals surface area contributed by atoms with E-state index in [1.54, 1.807) is 24.3 Å². The van der Waals surface area contributed by atoms with E-state index in [1.165, 1.54) is 6.08 Å². The maximum absolute atomic E-state index is 12.5. The van der Waals surface area contributed by atoms with Crippen LogP contribution in [0.2, 0.25) is 0 Å². The van der Waals surface area contributed by atoms with E-state index in [0.717, 1.165) is 21.7 Å². The van der Waals surface area contributed by atoms with E-state index in [9.17, 15) is 9.18 Å². The first kappa shape index (κ1) is 29.1. The Hall–Kier alpha value is -2.90. The van der Waals surface area contributed by atoms with Gasteiger partial charge in [0.2, 0.25) is 5.91 Å². The van der Waals surface area contributed by atoms with Gasteiger partial charge in [-0.05, 0) is 51.1 Å². The van der Waals surface area contributed by atoms with Crippen LogP contribution in [0.5, 0.6) is 11.5 Å². The van der Waals surface area contributed by atoms with Gasteiger partial charge in [-0.2, -0.15) is 0 Å². The molecule has 8 heteroatoms. The van der Waals surface area contributed by atoms with Crippen molar-refractivity contribution in [1.29, 1.82) is 0 Å². The zero-order valence-corrected chi connectivity index (χ0v) is 21.3. The van der Waals surface area contributed by atoms with Gasteiger partial charge in [0.1, 0.15) is 18.5 Å². The highest BCUT2D eigenvalue weighted by Gasteiger charge is 2.27. The van der Waals surface area contributed by atoms with E-state index in [-0.39, 0.29) is 17.0 Å². The Labute approximate surface area is 206 Å². The van der Waals surface area contributed by atoms with Gasteiger partial charge in [-0.25, -0.2) is 4.39 Å². The second kappa shape index (κ2) is 14.4. The molecule has 1 fully saturated rings. The number of allylic oxidation sites excluding steroid dienone is 5. The summed E-state index contributed by atoms with van der Waals surface area (Å²) in [4.78, 5) is 17.5. The van der Waals surface area contributed by atoms with E-state index in [0.29, 0.717) is 31.0 Å². The molecule has 1 heterocycles. The van der Waals surface area contributed by atoms with Crippen LogP contribution in [0.1, 0.15) is 34.1 Å². The van der Waals surface area contributed by atoms with Crippen LogP contribution in [-0.4, -0.2) is 55.0 Å². The van der Waals surface area contributed by atoms with Gasteiger partial charge < -0.3 is 19.5 Å². The van der Waals surface area contributed by atoms with Crippen molar-refractivity contribution < 1.29 is 23.8 Å². The first-order chi connectivity index (χ1) is 16.0. The summed E-state index contributed by atoms with van der Waals surface area (Å²) in [5.74, 6) is 0.448. The zero-order chi connectivity index (χ0) is 25.8. The van der Waals surface area contributed by atoms with E-state index >= 15 is 0 Å². The lowest BCUT2D eigenvalue weighted by atomic mass is 10.2. The summed E-state index contributed by atoms with van der Waals surface area (Å²) < 4.78 is 23.9. The van der Waals surface area contributed by atoms with Gasteiger partial charge in [-0.15, -0.1) is 0 Å². The second-order valence-electron chi connectivity index (χ2n) is 7.82. The van der Waals surface area contributed by atoms with Crippen LogP contribution in [0.15, 0.2) is 52.3 Å². The molecule has 1 aromatic carbocycles. The highest BCUT2D eigenvalue weighted by molar-refractivity contribution is 6.31. The summed E-state index contributed by atoms with van der Waals surface area (Å²) >= 11 is 5.24. The number of hydrogen-bond acceptors (Lipinski definition) is 5. The number of amides is 1. The smallest absolute Gasteiger partial charge is 0.248 e. The number of hydrogen-bond donors (Lipinski definition) is 1. The van der Waals surface area contributed by atoms with Crippen molar-refractivity contribution in [2.24, 2.45) is 4.99 Å². The van der Waals surface area contributed by atoms with Crippen LogP contribution >= 0.6 is 11.6 Å². The van der Waals surface area contributed by atoms with Gasteiger partial charge in [0.25, 0.3) is 0 Å². The number of carbonyl (C=O) groups excluding carboxylic acids is 1. The average Bonchev–Trinajstić information content (AvgIpc) is 3.26. The number of rotatable bonds is 7. The lowest BCUT2D eigenvalue weighted by Crippen LogP contribution is -2.33. The van der Waals surface area contributed by atoms with Crippen molar-refractivity contribution in [1.82, 2.24) is 4.90 Å². The molecule has 0 saturated carbocycles. The fourth-order valence-corrected chi connectivity index (χ4v) is 3.18. The highest BCUT2D eigenvalue weighted by atomic mass is 35.5. The SMILES string of the molecule is C=C(Cl)/C(F)=C\C=C(C)C.C=c1cc(OC)c(OC2CCN(C(=O)CO)C2)c/c1=C(\C)N=CC. The topological polar surface area (TPSA) is 71.4 Å². The third-order valence-corrected chi connectivity index (χ3v) is 5.03. The molecule has 2 rings (SSSR count). The molecule has 1 N–H and O–H groups in total. The molecule has 1 atom stereocenters. The number of nitrogens with zero attached hydrogens (tertiary/aromatic N) is 2. The predicted octanol–water partition coefficient (Wildman–Crippen LogP) is 3.85. The average molecular weight is 493 g/mol. The molecule has 0 spiro atoms. The Bertz CT molecular complexity index is 1080. The number of ether oxygens (including phenoxy) is 2. The molecule has 1 amide bonds. The number of benzene rings is 1. The maximum atomic E-state index is 12.5. The number of aliphatic hydroxyl groups is 1. The fraction of sp³-hybridized carbons (Fsp3) is 0.385. The van der Waals surface area contributed by atoms with Gasteiger partial charge in [0, 0.05) is 30.1 Å². The quantitative estimate of drug-likeness (QED) is 0.463. The van der Waals surface area contributed by atoms with Crippen molar-refractivity contribution in [3.8, 4) is 11.5 Å². The van der Waals surface area contributed by atoms with Gasteiger partial charge in [0.15, 0.2) is 11.5 Å². The maximum Gasteiger partial charge on any atom is 0.248 e. The van der Waals surface area contributed by atoms with Crippen molar-refractivity contribution >= 4 is 36.0 Å². The van der Waals surface area contributed by atoms with Crippen LogP contribution in [0, 0.1) is 0 Å². The Morgan fingerprint density at radius 3 is 2.53 bits per heavy atom. The first-order valence-corrected chi connectivity index (χ1v) is 11.2. The van der Waals surface area contributed by atoms with Gasteiger partial charge in [-0.3, -0.25) is 9.79 Å². The van der Waals surface area contributed by atoms with E-state index in [1.807, 2.05) is 39.8 Å². The molecule has 34 heavy (non-hydrogen) atoms. The van der Waals surface area contributed by atoms with Crippen molar-refractivity contribution in [3.05, 3.63) is 57.7 Å². The lowest BCUT2D eigenvalue weighted by molar-refractivity contribution is -0.133. The van der Waals surface area contributed by atoms with E-state index in [4.69, 9.17) is 26.2 Å². The molecule has 0 aromatic heterocycles. The minimum absolute atomic E-state index is 0.0579. The summed E-state index contributed by atoms with van der Waals surface area (Å²) in [7, 11) is 1.58. The molecule has 0 aliphatic carbocycles. The Balaban J connectivity index is 0.000000489. The summed E-state index contributed by atoms with van der Waals surface area (Å²) in [5.41, 5.74) is 1.87. The molecule has 1 aliphatic rings. The minimum Gasteiger partial charge on any atom is -0.493 e. The summed E-state index contributed by atoms with van der Waals surface area (Å²) in [6.45, 7) is 15.4. The third-order valence-electron chi connectivity index (χ3n) is 4.85. The van der Waals surface area contributed by atoms with E-state index < -0.39 is 12.4 Å². The Morgan fingerprint density at radius 1 is 1.32 bits per heavy atom. The standard InChI is InChI=1S/C18H24N2O4.C8H10ClF/c1-5-19-13(3)15-9-17(16(23-4)8-12(15)2)24-14-6-7-20(10-14)18(22)11-21;1-6(2)4-5-8(10)7(3)9/h5,8-9,14,21H,2,6-7,10-11H2,1,3-4H3;4-5H,3H2,1-2H3/b15-13-,19-5?;8-5+. The van der Waals surface area contributed by atoms with Gasteiger partial charge in [0.05, 0.1) is 18.7 Å². The molecule has 1 aromatic rings. The lowest BCUT2D eigenvalue weighted by Gasteiger charge is -2.18. The fourth-order valence-electron chi connectivity index (χ4n) is 3.11. The molecule has 0 radical (unpaired) electrons. The molecule has 6 nitrogen and oxygen atoms in total. The molecular weight excluding hydrogens is 459 g/mol. The number of aliphatic hydroxyl groups excluding tert-OH is 1. The van der Waals surface area contributed by atoms with Crippen LogP contribution < -0.4 is 19.9 Å². The summed E-state index contributed by atoms with van der Waals surface area (Å²) in [6.07, 6.45) is 5.25. The molecule has 186 valence electrons. The zero-order valence-electron chi connectivity index (χ0n) is 20.5. The van der Waals surface area contributed by atoms with Crippen LogP contribution in [0.25, 0.3) is 12.3 Å². The number of likely N-dealkylation sites (tertiary alicyclic amines) is 1. The van der Waals surface area contributed by atoms with Crippen molar-refractivity contribution in [2.45, 2.75) is 40.2 Å². The van der Waals surface area contributed by atoms with Crippen molar-refractivity contribution in [2.75, 3.05) is 26.8 Å². The number of aliphatic imine (C=N–C) groups is 1. The molecular formula is C26H34ClFN2O4. The first-order valence-electron chi connectivity index (χ1n) is 10.8. The molecule has 1 saturated heterocycles. The third kappa shape index (κ3) is 9.15. The molecule has 1 unspecified atom stereocenters. The van der Waals surface area contributed by atoms with Gasteiger partial charge in [-0.1, -0.05) is 36.4 Å². The van der Waals surface area contributed by atoms with Crippen LogP contribution in [0.4, 0.5) is 4.39 Å². The largest absolute Gasteiger partial charge is 0.493 e. The number of carbonyl (C=O) groups is 1. The van der Waals surface area contributed by atoms with Crippen molar-refractivity contribution in [3.63, 3.8) is 0 Å². The summed E-state index contributed by atoms with van der Waals surface area (Å²) in [6, 6.07) is 3.70. The highest BCUT2D eigenvalue weighted by Crippen LogP contribution is 2.26. The normalized spacial score (nSPS) is 16.5. The monoisotopic (exact) mass is 492 g/mol. The number of halogens is 2. The molecule has 0 bridgehead atoms. The Morgan fingerprint density at radius 2 is 2.00 bits per heavy atom. The minimum atomic E-state index is -0.483. The van der Waals surface area contributed by atoms with Crippen LogP contribution in [0.3, 0.4) is 0 Å².